The number of hydrogen-bond acceptors (Lipinski definition) is 0. The summed E-state index contributed by atoms with van der Waals surface area (Å²) in [6, 6.07) is 0. The highest BCUT2D eigenvalue weighted by molar-refractivity contribution is 4.58. The highest BCUT2D eigenvalue weighted by atomic mass is 14.1. The highest BCUT2D eigenvalue weighted by Gasteiger charge is 2.05. The van der Waals surface area contributed by atoms with E-state index in [1.54, 1.807) is 0 Å². The summed E-state index contributed by atoms with van der Waals surface area (Å²) in [6.45, 7) is 9.31. The van der Waals surface area contributed by atoms with Gasteiger partial charge < -0.3 is 0 Å². The van der Waals surface area contributed by atoms with Crippen molar-refractivity contribution >= 4 is 0 Å². The van der Waals surface area contributed by atoms with Gasteiger partial charge in [0.15, 0.2) is 0 Å². The van der Waals surface area contributed by atoms with Crippen molar-refractivity contribution in [2.24, 2.45) is 11.8 Å². The molecule has 0 saturated heterocycles. The van der Waals surface area contributed by atoms with E-state index < -0.39 is 0 Å². The topological polar surface area (TPSA) is 0 Å². The smallest absolute Gasteiger partial charge is 0.0420 e. The van der Waals surface area contributed by atoms with E-state index in [9.17, 15) is 0 Å². The maximum absolute atomic E-state index is 2.33. The zero-order valence-electron chi connectivity index (χ0n) is 10.8. The van der Waals surface area contributed by atoms with Gasteiger partial charge in [0.2, 0.25) is 0 Å². The van der Waals surface area contributed by atoms with Crippen LogP contribution in [0.15, 0.2) is 0 Å². The van der Waals surface area contributed by atoms with Crippen molar-refractivity contribution in [1.82, 2.24) is 0 Å². The molecule has 0 aliphatic carbocycles. The fourth-order valence-corrected chi connectivity index (χ4v) is 2.26. The van der Waals surface area contributed by atoms with Crippen molar-refractivity contribution in [3.05, 3.63) is 0 Å². The van der Waals surface area contributed by atoms with Crippen molar-refractivity contribution < 1.29 is 0 Å². The van der Waals surface area contributed by atoms with Crippen LogP contribution in [-0.2, 0) is 0 Å². The summed E-state index contributed by atoms with van der Waals surface area (Å²) in [6.07, 6.45) is 11.4. The first-order valence-electron chi connectivity index (χ1n) is 6.78. The van der Waals surface area contributed by atoms with Crippen LogP contribution in [0.1, 0.15) is 79.1 Å². The zero-order chi connectivity index (χ0) is 10.8. The molecule has 14 heavy (non-hydrogen) atoms. The molecule has 0 unspecified atom stereocenters. The Morgan fingerprint density at radius 3 is 1.07 bits per heavy atom. The Morgan fingerprint density at radius 1 is 0.571 bits per heavy atom. The Bertz CT molecular complexity index is 84.6. The molecule has 0 amide bonds. The maximum atomic E-state index is 2.33. The van der Waals surface area contributed by atoms with Gasteiger partial charge in [-0.3, -0.25) is 0 Å². The lowest BCUT2D eigenvalue weighted by Gasteiger charge is -2.14. The van der Waals surface area contributed by atoms with E-state index in [1.807, 2.05) is 0 Å². The molecule has 0 nitrogen and oxygen atoms in total. The van der Waals surface area contributed by atoms with E-state index in [-0.39, 0.29) is 0 Å². The molecule has 0 radical (unpaired) electrons. The van der Waals surface area contributed by atoms with Crippen molar-refractivity contribution in [3.63, 3.8) is 0 Å². The number of rotatable bonds is 9. The van der Waals surface area contributed by atoms with Gasteiger partial charge in [-0.2, -0.15) is 0 Å². The molecule has 0 saturated carbocycles. The molecule has 0 atom stereocenters. The molecule has 86 valence electrons. The zero-order valence-corrected chi connectivity index (χ0v) is 10.8. The summed E-state index contributed by atoms with van der Waals surface area (Å²) < 4.78 is 0. The van der Waals surface area contributed by atoms with Crippen molar-refractivity contribution in [1.29, 1.82) is 0 Å². The largest absolute Gasteiger partial charge is 0.0651 e. The van der Waals surface area contributed by atoms with Crippen LogP contribution in [0.3, 0.4) is 0 Å². The Balaban J connectivity index is 3.35. The average Bonchev–Trinajstić information content (AvgIpc) is 2.24. The molecule has 0 N–H and O–H groups in total. The van der Waals surface area contributed by atoms with Gasteiger partial charge in [-0.15, -0.1) is 0 Å². The number of unbranched alkanes of at least 4 members (excludes halogenated alkanes) is 1. The summed E-state index contributed by atoms with van der Waals surface area (Å²) in [7, 11) is 0. The molecule has 0 rings (SSSR count). The summed E-state index contributed by atoms with van der Waals surface area (Å²) >= 11 is 0. The first kappa shape index (κ1) is 14.0. The van der Waals surface area contributed by atoms with Crippen molar-refractivity contribution in [2.75, 3.05) is 0 Å². The molecule has 0 heteroatoms. The Hall–Kier alpha value is 0. The molecular formula is C14H30. The molecule has 0 aromatic rings. The van der Waals surface area contributed by atoms with Crippen molar-refractivity contribution in [2.45, 2.75) is 79.1 Å². The third kappa shape index (κ3) is 6.45. The number of hydrogen-bond donors (Lipinski definition) is 0. The summed E-state index contributed by atoms with van der Waals surface area (Å²) in [5.41, 5.74) is 0. The lowest BCUT2D eigenvalue weighted by Crippen LogP contribution is -1.99. The Morgan fingerprint density at radius 2 is 0.857 bits per heavy atom. The van der Waals surface area contributed by atoms with Gasteiger partial charge in [0.1, 0.15) is 0 Å². The van der Waals surface area contributed by atoms with E-state index in [4.69, 9.17) is 0 Å². The molecule has 0 aliphatic heterocycles. The third-order valence-corrected chi connectivity index (χ3v) is 3.78. The predicted molar refractivity (Wildman–Crippen MR) is 66.6 cm³/mol. The molecule has 0 fully saturated rings. The fourth-order valence-electron chi connectivity index (χ4n) is 2.26. The van der Waals surface area contributed by atoms with Gasteiger partial charge in [0.05, 0.1) is 0 Å². The quantitative estimate of drug-likeness (QED) is 0.434. The summed E-state index contributed by atoms with van der Waals surface area (Å²) in [5, 5.41) is 0. The summed E-state index contributed by atoms with van der Waals surface area (Å²) in [4.78, 5) is 0. The first-order chi connectivity index (χ1) is 6.78. The molecule has 0 aromatic carbocycles. The van der Waals surface area contributed by atoms with Crippen LogP contribution in [0.25, 0.3) is 0 Å². The van der Waals surface area contributed by atoms with Crippen LogP contribution < -0.4 is 0 Å². The first-order valence-corrected chi connectivity index (χ1v) is 6.78. The van der Waals surface area contributed by atoms with E-state index >= 15 is 0 Å². The molecule has 0 heterocycles. The monoisotopic (exact) mass is 198 g/mol. The third-order valence-electron chi connectivity index (χ3n) is 3.78. The molecule has 0 aliphatic rings. The van der Waals surface area contributed by atoms with Crippen LogP contribution in [0.4, 0.5) is 0 Å². The average molecular weight is 198 g/mol. The van der Waals surface area contributed by atoms with Crippen LogP contribution >= 0.6 is 0 Å². The minimum absolute atomic E-state index is 0.997. The van der Waals surface area contributed by atoms with Gasteiger partial charge in [0, 0.05) is 0 Å². The van der Waals surface area contributed by atoms with E-state index in [2.05, 4.69) is 27.7 Å². The Labute approximate surface area is 91.5 Å². The molecular weight excluding hydrogens is 168 g/mol. The van der Waals surface area contributed by atoms with E-state index in [0.717, 1.165) is 11.8 Å². The van der Waals surface area contributed by atoms with Crippen LogP contribution in [0, 0.1) is 11.8 Å². The second kappa shape index (κ2) is 9.55. The minimum atomic E-state index is 0.997. The summed E-state index contributed by atoms with van der Waals surface area (Å²) in [5.74, 6) is 1.99. The van der Waals surface area contributed by atoms with Crippen LogP contribution in [0.5, 0.6) is 0 Å². The second-order valence-electron chi connectivity index (χ2n) is 4.65. The van der Waals surface area contributed by atoms with E-state index in [0.29, 0.717) is 0 Å². The second-order valence-corrected chi connectivity index (χ2v) is 4.65. The highest BCUT2D eigenvalue weighted by Crippen LogP contribution is 2.20. The fraction of sp³-hybridized carbons (Fsp3) is 1.00. The van der Waals surface area contributed by atoms with Gasteiger partial charge in [-0.05, 0) is 11.8 Å². The lowest BCUT2D eigenvalue weighted by atomic mass is 9.92. The van der Waals surface area contributed by atoms with Crippen molar-refractivity contribution in [3.8, 4) is 0 Å². The Kier molecular flexibility index (Phi) is 9.55. The SMILES string of the molecule is CCC(CC)CCCCC(CC)CC. The van der Waals surface area contributed by atoms with Crippen LogP contribution in [0.2, 0.25) is 0 Å². The maximum Gasteiger partial charge on any atom is -0.0420 e. The van der Waals surface area contributed by atoms with E-state index in [1.165, 1.54) is 51.4 Å². The molecule has 0 aromatic heterocycles. The van der Waals surface area contributed by atoms with Gasteiger partial charge in [-0.1, -0.05) is 79.1 Å². The van der Waals surface area contributed by atoms with Gasteiger partial charge >= 0.3 is 0 Å². The predicted octanol–water partition coefficient (Wildman–Crippen LogP) is 5.42. The van der Waals surface area contributed by atoms with Crippen LogP contribution in [-0.4, -0.2) is 0 Å². The molecule has 0 spiro atoms. The van der Waals surface area contributed by atoms with Gasteiger partial charge in [-0.25, -0.2) is 0 Å². The minimum Gasteiger partial charge on any atom is -0.0651 e. The lowest BCUT2D eigenvalue weighted by molar-refractivity contribution is 0.391. The normalized spacial score (nSPS) is 11.6. The molecule has 0 bridgehead atoms. The standard InChI is InChI=1S/C14H30/c1-5-13(6-2)11-9-10-12-14(7-3)8-4/h13-14H,5-12H2,1-4H3. The van der Waals surface area contributed by atoms with Gasteiger partial charge in [0.25, 0.3) is 0 Å².